The number of rotatable bonds is 3. The Bertz CT molecular complexity index is 318. The maximum absolute atomic E-state index is 10.4. The molecule has 1 rings (SSSR count). The summed E-state index contributed by atoms with van der Waals surface area (Å²) in [5.74, 6) is 0. The van der Waals surface area contributed by atoms with E-state index >= 15 is 0 Å². The predicted octanol–water partition coefficient (Wildman–Crippen LogP) is 1.90. The van der Waals surface area contributed by atoms with Gasteiger partial charge in [-0.3, -0.25) is 0 Å². The molecule has 0 aliphatic rings. The van der Waals surface area contributed by atoms with Gasteiger partial charge in [0.15, 0.2) is 10.7 Å². The van der Waals surface area contributed by atoms with E-state index in [0.717, 1.165) is 0 Å². The Balaban J connectivity index is 3.04. The van der Waals surface area contributed by atoms with Crippen molar-refractivity contribution in [2.24, 2.45) is 0 Å². The summed E-state index contributed by atoms with van der Waals surface area (Å²) in [5, 5.41) is 10.5. The normalized spacial score (nSPS) is 9.69. The van der Waals surface area contributed by atoms with Crippen LogP contribution in [0.3, 0.4) is 0 Å². The molecule has 0 heterocycles. The third-order valence-corrected chi connectivity index (χ3v) is 1.70. The zero-order chi connectivity index (χ0) is 9.84. The number of nitrogens with zero attached hydrogens (tertiary/aromatic N) is 2. The molecular formula is C7H7ClN2O3. The molecule has 5 nitrogen and oxygen atoms in total. The zero-order valence-electron chi connectivity index (χ0n) is 6.81. The van der Waals surface area contributed by atoms with E-state index in [9.17, 15) is 10.1 Å². The molecule has 0 saturated heterocycles. The fourth-order valence-electron chi connectivity index (χ4n) is 0.860. The van der Waals surface area contributed by atoms with Gasteiger partial charge in [-0.05, 0) is 12.1 Å². The zero-order valence-corrected chi connectivity index (χ0v) is 7.56. The molecule has 0 spiro atoms. The summed E-state index contributed by atoms with van der Waals surface area (Å²) in [7, 11) is 1.20. The largest absolute Gasteiger partial charge is 0.232 e. The van der Waals surface area contributed by atoms with Crippen molar-refractivity contribution in [3.05, 3.63) is 39.4 Å². The lowest BCUT2D eigenvalue weighted by Crippen LogP contribution is -2.28. The van der Waals surface area contributed by atoms with Gasteiger partial charge < -0.3 is 0 Å². The maximum Gasteiger partial charge on any atom is 0.192 e. The van der Waals surface area contributed by atoms with Gasteiger partial charge in [-0.1, -0.05) is 23.7 Å². The highest BCUT2D eigenvalue weighted by Crippen LogP contribution is 2.24. The van der Waals surface area contributed by atoms with Gasteiger partial charge in [-0.2, -0.15) is 0 Å². The van der Waals surface area contributed by atoms with Crippen LogP contribution in [0.1, 0.15) is 0 Å². The number of halogens is 1. The summed E-state index contributed by atoms with van der Waals surface area (Å²) in [5.41, 5.74) is 0.205. The van der Waals surface area contributed by atoms with Gasteiger partial charge in [-0.15, -0.1) is 0 Å². The van der Waals surface area contributed by atoms with Crippen LogP contribution >= 0.6 is 11.6 Å². The summed E-state index contributed by atoms with van der Waals surface area (Å²) in [6, 6.07) is 6.36. The van der Waals surface area contributed by atoms with Gasteiger partial charge in [0.05, 0.1) is 12.1 Å². The highest BCUT2D eigenvalue weighted by atomic mass is 35.5. The minimum atomic E-state index is -0.693. The second-order valence-electron chi connectivity index (χ2n) is 2.14. The van der Waals surface area contributed by atoms with Crippen LogP contribution in [-0.4, -0.2) is 12.1 Å². The first-order chi connectivity index (χ1) is 6.16. The van der Waals surface area contributed by atoms with Crippen molar-refractivity contribution in [3.8, 4) is 0 Å². The van der Waals surface area contributed by atoms with E-state index in [2.05, 4.69) is 4.84 Å². The van der Waals surface area contributed by atoms with Crippen molar-refractivity contribution in [3.63, 3.8) is 0 Å². The Hall–Kier alpha value is -1.33. The lowest BCUT2D eigenvalue weighted by molar-refractivity contribution is -0.544. The fraction of sp³-hybridized carbons (Fsp3) is 0.143. The molecule has 0 bridgehead atoms. The molecule has 0 fully saturated rings. The molecule has 0 N–H and O–H groups in total. The molecule has 1 aromatic carbocycles. The second-order valence-corrected chi connectivity index (χ2v) is 2.55. The first kappa shape index (κ1) is 9.76. The summed E-state index contributed by atoms with van der Waals surface area (Å²) in [6.45, 7) is 0. The number of hydrazine groups is 1. The quantitative estimate of drug-likeness (QED) is 0.555. The van der Waals surface area contributed by atoms with Crippen molar-refractivity contribution in [1.29, 1.82) is 0 Å². The van der Waals surface area contributed by atoms with E-state index in [1.165, 1.54) is 13.2 Å². The van der Waals surface area contributed by atoms with Crippen LogP contribution in [-0.2, 0) is 4.84 Å². The van der Waals surface area contributed by atoms with Crippen molar-refractivity contribution < 1.29 is 9.87 Å². The van der Waals surface area contributed by atoms with E-state index in [4.69, 9.17) is 11.6 Å². The van der Waals surface area contributed by atoms with Crippen LogP contribution in [0.2, 0.25) is 5.02 Å². The second kappa shape index (κ2) is 4.06. The molecule has 0 saturated carbocycles. The molecule has 0 aliphatic heterocycles. The van der Waals surface area contributed by atoms with Crippen molar-refractivity contribution in [2.75, 3.05) is 12.3 Å². The van der Waals surface area contributed by atoms with Crippen LogP contribution in [0.4, 0.5) is 5.69 Å². The molecule has 13 heavy (non-hydrogen) atoms. The van der Waals surface area contributed by atoms with Gasteiger partial charge in [-0.25, -0.2) is 15.0 Å². The number of para-hydroxylation sites is 1. The molecule has 6 heteroatoms. The number of benzene rings is 1. The molecule has 0 amide bonds. The Morgan fingerprint density at radius 3 is 2.62 bits per heavy atom. The van der Waals surface area contributed by atoms with Gasteiger partial charge in [0, 0.05) is 5.17 Å². The Morgan fingerprint density at radius 1 is 1.54 bits per heavy atom. The average molecular weight is 203 g/mol. The van der Waals surface area contributed by atoms with E-state index < -0.39 is 5.03 Å². The van der Waals surface area contributed by atoms with Crippen molar-refractivity contribution in [2.45, 2.75) is 0 Å². The summed E-state index contributed by atoms with van der Waals surface area (Å²) in [6.07, 6.45) is 0. The summed E-state index contributed by atoms with van der Waals surface area (Å²) in [4.78, 5) is 15.0. The van der Waals surface area contributed by atoms with Crippen LogP contribution in [0.5, 0.6) is 0 Å². The molecule has 1 aromatic rings. The number of anilines is 1. The van der Waals surface area contributed by atoms with Gasteiger partial charge in [0.2, 0.25) is 0 Å². The Morgan fingerprint density at radius 2 is 2.15 bits per heavy atom. The average Bonchev–Trinajstić information content (AvgIpc) is 2.09. The van der Waals surface area contributed by atoms with Crippen LogP contribution in [0.15, 0.2) is 24.3 Å². The van der Waals surface area contributed by atoms with E-state index in [-0.39, 0.29) is 10.7 Å². The number of hydrogen-bond acceptors (Lipinski definition) is 3. The SMILES string of the molecule is CON(c1ccccc1Cl)[N+](=O)[O-]. The third kappa shape index (κ3) is 2.07. The third-order valence-electron chi connectivity index (χ3n) is 1.38. The summed E-state index contributed by atoms with van der Waals surface area (Å²) >= 11 is 5.72. The van der Waals surface area contributed by atoms with Gasteiger partial charge in [0.25, 0.3) is 0 Å². The van der Waals surface area contributed by atoms with Crippen LogP contribution < -0.4 is 5.17 Å². The summed E-state index contributed by atoms with van der Waals surface area (Å²) < 4.78 is 0. The van der Waals surface area contributed by atoms with Crippen LogP contribution in [0, 0.1) is 10.1 Å². The highest BCUT2D eigenvalue weighted by Gasteiger charge is 2.19. The lowest BCUT2D eigenvalue weighted by atomic mass is 10.3. The first-order valence-corrected chi connectivity index (χ1v) is 3.77. The highest BCUT2D eigenvalue weighted by molar-refractivity contribution is 6.33. The lowest BCUT2D eigenvalue weighted by Gasteiger charge is -2.10. The molecule has 70 valence electrons. The smallest absolute Gasteiger partial charge is 0.192 e. The monoisotopic (exact) mass is 202 g/mol. The molecule has 0 unspecified atom stereocenters. The van der Waals surface area contributed by atoms with E-state index in [0.29, 0.717) is 5.17 Å². The fourth-order valence-corrected chi connectivity index (χ4v) is 1.07. The van der Waals surface area contributed by atoms with Crippen molar-refractivity contribution >= 4 is 17.3 Å². The standard InChI is InChI=1S/C7H7ClN2O3/c1-13-9(10(11)12)7-5-3-2-4-6(7)8/h2-5H,1H3. The molecular weight excluding hydrogens is 196 g/mol. The topological polar surface area (TPSA) is 55.6 Å². The van der Waals surface area contributed by atoms with Crippen molar-refractivity contribution in [1.82, 2.24) is 0 Å². The first-order valence-electron chi connectivity index (χ1n) is 3.40. The minimum absolute atomic E-state index is 0.205. The number of hydrogen-bond donors (Lipinski definition) is 0. The van der Waals surface area contributed by atoms with Gasteiger partial charge in [0.1, 0.15) is 0 Å². The molecule has 0 aromatic heterocycles. The minimum Gasteiger partial charge on any atom is -0.232 e. The number of nitro groups is 1. The predicted molar refractivity (Wildman–Crippen MR) is 47.9 cm³/mol. The molecule has 0 aliphatic carbocycles. The van der Waals surface area contributed by atoms with Gasteiger partial charge >= 0.3 is 0 Å². The Kier molecular flexibility index (Phi) is 3.05. The maximum atomic E-state index is 10.4. The Labute approximate surface area is 79.6 Å². The van der Waals surface area contributed by atoms with E-state index in [1.807, 2.05) is 0 Å². The van der Waals surface area contributed by atoms with E-state index in [1.54, 1.807) is 18.2 Å². The van der Waals surface area contributed by atoms with Crippen LogP contribution in [0.25, 0.3) is 0 Å². The molecule has 0 atom stereocenters. The molecule has 0 radical (unpaired) electrons.